The number of hydrogen-bond donors (Lipinski definition) is 2. The zero-order chi connectivity index (χ0) is 17.2. The molecule has 1 amide bonds. The van der Waals surface area contributed by atoms with Crippen LogP contribution in [0.25, 0.3) is 0 Å². The first-order valence-corrected chi connectivity index (χ1v) is 9.45. The number of aliphatic imine (C=N–C) groups is 1. The molecule has 2 fully saturated rings. The lowest BCUT2D eigenvalue weighted by Gasteiger charge is -2.24. The lowest BCUT2D eigenvalue weighted by atomic mass is 9.87. The van der Waals surface area contributed by atoms with E-state index < -0.39 is 0 Å². The van der Waals surface area contributed by atoms with Gasteiger partial charge in [-0.3, -0.25) is 9.79 Å². The van der Waals surface area contributed by atoms with Crippen LogP contribution in [0.4, 0.5) is 0 Å². The van der Waals surface area contributed by atoms with Gasteiger partial charge in [0.1, 0.15) is 0 Å². The number of carbonyl (C=O) groups excluding carboxylic acids is 1. The van der Waals surface area contributed by atoms with Crippen molar-refractivity contribution in [3.05, 3.63) is 0 Å². The van der Waals surface area contributed by atoms with Gasteiger partial charge in [0.15, 0.2) is 5.96 Å². The van der Waals surface area contributed by atoms with Gasteiger partial charge >= 0.3 is 0 Å². The minimum absolute atomic E-state index is 0.190. The van der Waals surface area contributed by atoms with Crippen LogP contribution in [-0.2, 0) is 9.53 Å². The third kappa shape index (κ3) is 6.67. The standard InChI is InChI=1S/C18H34N4O2/c1-19-18(22(2)13-16-8-11-24-14-16)21-10-9-20-17(23)12-15-6-4-3-5-7-15/h15-16H,3-14H2,1-2H3,(H,19,21)(H,20,23). The van der Waals surface area contributed by atoms with Crippen LogP contribution < -0.4 is 10.6 Å². The molecule has 2 aliphatic rings. The highest BCUT2D eigenvalue weighted by atomic mass is 16.5. The maximum absolute atomic E-state index is 12.0. The molecule has 0 aromatic heterocycles. The molecule has 0 aromatic carbocycles. The van der Waals surface area contributed by atoms with Gasteiger partial charge in [-0.25, -0.2) is 0 Å². The number of nitrogens with one attached hydrogen (secondary N) is 2. The fourth-order valence-corrected chi connectivity index (χ4v) is 3.69. The van der Waals surface area contributed by atoms with Gasteiger partial charge in [-0.05, 0) is 25.2 Å². The summed E-state index contributed by atoms with van der Waals surface area (Å²) in [6, 6.07) is 0. The quantitative estimate of drug-likeness (QED) is 0.420. The van der Waals surface area contributed by atoms with Crippen molar-refractivity contribution < 1.29 is 9.53 Å². The van der Waals surface area contributed by atoms with Crippen molar-refractivity contribution in [3.8, 4) is 0 Å². The van der Waals surface area contributed by atoms with E-state index in [2.05, 4.69) is 27.6 Å². The molecule has 0 spiro atoms. The highest BCUT2D eigenvalue weighted by Gasteiger charge is 2.19. The van der Waals surface area contributed by atoms with Crippen molar-refractivity contribution >= 4 is 11.9 Å². The fraction of sp³-hybridized carbons (Fsp3) is 0.889. The van der Waals surface area contributed by atoms with Gasteiger partial charge in [0.05, 0.1) is 6.61 Å². The van der Waals surface area contributed by atoms with Crippen LogP contribution in [0.5, 0.6) is 0 Å². The average Bonchev–Trinajstić information content (AvgIpc) is 3.08. The second kappa shape index (κ2) is 10.5. The maximum Gasteiger partial charge on any atom is 0.220 e. The first-order chi connectivity index (χ1) is 11.7. The summed E-state index contributed by atoms with van der Waals surface area (Å²) < 4.78 is 5.42. The minimum atomic E-state index is 0.190. The molecular weight excluding hydrogens is 304 g/mol. The summed E-state index contributed by atoms with van der Waals surface area (Å²) in [5, 5.41) is 6.35. The highest BCUT2D eigenvalue weighted by Crippen LogP contribution is 2.25. The van der Waals surface area contributed by atoms with Crippen LogP contribution in [0.2, 0.25) is 0 Å². The van der Waals surface area contributed by atoms with Gasteiger partial charge in [0.2, 0.25) is 5.91 Å². The molecule has 0 bridgehead atoms. The van der Waals surface area contributed by atoms with Crippen molar-refractivity contribution in [2.45, 2.75) is 44.9 Å². The summed E-state index contributed by atoms with van der Waals surface area (Å²) >= 11 is 0. The molecule has 0 aromatic rings. The SMILES string of the molecule is CN=C(NCCNC(=O)CC1CCCCC1)N(C)CC1CCOC1. The van der Waals surface area contributed by atoms with E-state index in [9.17, 15) is 4.79 Å². The van der Waals surface area contributed by atoms with Gasteiger partial charge in [0, 0.05) is 52.7 Å². The van der Waals surface area contributed by atoms with E-state index in [1.165, 1.54) is 32.1 Å². The average molecular weight is 338 g/mol. The van der Waals surface area contributed by atoms with Gasteiger partial charge in [-0.1, -0.05) is 19.3 Å². The monoisotopic (exact) mass is 338 g/mol. The molecule has 1 aliphatic heterocycles. The van der Waals surface area contributed by atoms with Gasteiger partial charge in [0.25, 0.3) is 0 Å². The van der Waals surface area contributed by atoms with Gasteiger partial charge in [-0.15, -0.1) is 0 Å². The van der Waals surface area contributed by atoms with Crippen LogP contribution in [0, 0.1) is 11.8 Å². The molecule has 1 heterocycles. The lowest BCUT2D eigenvalue weighted by Crippen LogP contribution is -2.44. The van der Waals surface area contributed by atoms with E-state index in [-0.39, 0.29) is 5.91 Å². The Hall–Kier alpha value is -1.30. The molecule has 1 unspecified atom stereocenters. The molecule has 1 aliphatic carbocycles. The number of carbonyl (C=O) groups is 1. The second-order valence-corrected chi connectivity index (χ2v) is 7.14. The van der Waals surface area contributed by atoms with Gasteiger partial charge in [-0.2, -0.15) is 0 Å². The Bertz CT molecular complexity index is 402. The Kier molecular flexibility index (Phi) is 8.36. The van der Waals surface area contributed by atoms with Crippen molar-refractivity contribution in [1.82, 2.24) is 15.5 Å². The summed E-state index contributed by atoms with van der Waals surface area (Å²) in [6.07, 6.45) is 8.15. The molecule has 2 rings (SSSR count). The van der Waals surface area contributed by atoms with E-state index in [4.69, 9.17) is 4.74 Å². The smallest absolute Gasteiger partial charge is 0.220 e. The third-order valence-electron chi connectivity index (χ3n) is 5.06. The lowest BCUT2D eigenvalue weighted by molar-refractivity contribution is -0.122. The van der Waals surface area contributed by atoms with Crippen LogP contribution in [0.3, 0.4) is 0 Å². The zero-order valence-electron chi connectivity index (χ0n) is 15.4. The maximum atomic E-state index is 12.0. The van der Waals surface area contributed by atoms with E-state index in [1.54, 1.807) is 7.05 Å². The zero-order valence-corrected chi connectivity index (χ0v) is 15.4. The molecular formula is C18H34N4O2. The number of rotatable bonds is 7. The number of ether oxygens (including phenoxy) is 1. The summed E-state index contributed by atoms with van der Waals surface area (Å²) in [4.78, 5) is 18.5. The van der Waals surface area contributed by atoms with E-state index >= 15 is 0 Å². The molecule has 2 N–H and O–H groups in total. The Morgan fingerprint density at radius 2 is 1.88 bits per heavy atom. The first kappa shape index (κ1) is 19.0. The van der Waals surface area contributed by atoms with Crippen LogP contribution in [-0.4, -0.2) is 63.7 Å². The first-order valence-electron chi connectivity index (χ1n) is 9.45. The van der Waals surface area contributed by atoms with Crippen molar-refractivity contribution in [1.29, 1.82) is 0 Å². The molecule has 6 heteroatoms. The Balaban J connectivity index is 1.58. The van der Waals surface area contributed by atoms with E-state index in [0.717, 1.165) is 32.1 Å². The largest absolute Gasteiger partial charge is 0.381 e. The summed E-state index contributed by atoms with van der Waals surface area (Å²) in [6.45, 7) is 4.02. The highest BCUT2D eigenvalue weighted by molar-refractivity contribution is 5.80. The van der Waals surface area contributed by atoms with Crippen molar-refractivity contribution in [2.75, 3.05) is 46.9 Å². The van der Waals surface area contributed by atoms with Crippen LogP contribution in [0.15, 0.2) is 4.99 Å². The predicted molar refractivity (Wildman–Crippen MR) is 97.1 cm³/mol. The summed E-state index contributed by atoms with van der Waals surface area (Å²) in [7, 11) is 3.85. The summed E-state index contributed by atoms with van der Waals surface area (Å²) in [5.41, 5.74) is 0. The fourth-order valence-electron chi connectivity index (χ4n) is 3.69. The van der Waals surface area contributed by atoms with E-state index in [1.807, 2.05) is 0 Å². The number of nitrogens with zero attached hydrogens (tertiary/aromatic N) is 2. The molecule has 24 heavy (non-hydrogen) atoms. The molecule has 0 radical (unpaired) electrons. The molecule has 1 atom stereocenters. The van der Waals surface area contributed by atoms with Gasteiger partial charge < -0.3 is 20.3 Å². The normalized spacial score (nSPS) is 22.4. The van der Waals surface area contributed by atoms with Crippen molar-refractivity contribution in [2.24, 2.45) is 16.8 Å². The minimum Gasteiger partial charge on any atom is -0.381 e. The second-order valence-electron chi connectivity index (χ2n) is 7.14. The Labute approximate surface area is 146 Å². The molecule has 1 saturated heterocycles. The molecule has 6 nitrogen and oxygen atoms in total. The van der Waals surface area contributed by atoms with Crippen molar-refractivity contribution in [3.63, 3.8) is 0 Å². The predicted octanol–water partition coefficient (Wildman–Crippen LogP) is 1.62. The number of guanidine groups is 1. The summed E-state index contributed by atoms with van der Waals surface area (Å²) in [5.74, 6) is 2.25. The topological polar surface area (TPSA) is 66.0 Å². The van der Waals surface area contributed by atoms with Crippen LogP contribution in [0.1, 0.15) is 44.9 Å². The third-order valence-corrected chi connectivity index (χ3v) is 5.06. The number of hydrogen-bond acceptors (Lipinski definition) is 3. The Morgan fingerprint density at radius 1 is 1.12 bits per heavy atom. The molecule has 138 valence electrons. The number of amides is 1. The molecule has 1 saturated carbocycles. The van der Waals surface area contributed by atoms with E-state index in [0.29, 0.717) is 31.3 Å². The Morgan fingerprint density at radius 3 is 2.54 bits per heavy atom. The van der Waals surface area contributed by atoms with Crippen LogP contribution >= 0.6 is 0 Å².